The fraction of sp³-hybridized carbons (Fsp3) is 0. The van der Waals surface area contributed by atoms with E-state index < -0.39 is 0 Å². The Labute approximate surface area is 289 Å². The maximum Gasteiger partial charge on any atom is 0.137 e. The van der Waals surface area contributed by atoms with E-state index in [-0.39, 0.29) is 0 Å². The highest BCUT2D eigenvalue weighted by atomic mass is 16.3. The van der Waals surface area contributed by atoms with Crippen LogP contribution in [0, 0.1) is 0 Å². The molecule has 0 saturated heterocycles. The SMILES string of the molecule is c1ccc(-c2nc3ccccc3cc2-c2cccc(N(c3ccc4ccccc4c3)c3ccc4c(c3)oc3cc5ccccc5cc34)c2)cc1. The fourth-order valence-corrected chi connectivity index (χ4v) is 7.32. The molecule has 0 atom stereocenters. The van der Waals surface area contributed by atoms with E-state index in [9.17, 15) is 0 Å². The van der Waals surface area contributed by atoms with Crippen molar-refractivity contribution < 1.29 is 4.42 Å². The maximum atomic E-state index is 6.56. The van der Waals surface area contributed by atoms with Crippen LogP contribution in [0.5, 0.6) is 0 Å². The Balaban J connectivity index is 1.18. The number of rotatable bonds is 5. The Morgan fingerprint density at radius 3 is 1.84 bits per heavy atom. The number of pyridine rings is 1. The van der Waals surface area contributed by atoms with E-state index >= 15 is 0 Å². The molecule has 50 heavy (non-hydrogen) atoms. The van der Waals surface area contributed by atoms with Gasteiger partial charge in [-0.3, -0.25) is 0 Å². The third-order valence-electron chi connectivity index (χ3n) is 9.76. The molecule has 0 bridgehead atoms. The lowest BCUT2D eigenvalue weighted by Crippen LogP contribution is -2.10. The summed E-state index contributed by atoms with van der Waals surface area (Å²) in [5, 5.41) is 8.12. The summed E-state index contributed by atoms with van der Waals surface area (Å²) in [5.41, 5.74) is 10.1. The van der Waals surface area contributed by atoms with Crippen molar-refractivity contribution in [3.63, 3.8) is 0 Å². The third kappa shape index (κ3) is 4.79. The second-order valence-corrected chi connectivity index (χ2v) is 12.8. The van der Waals surface area contributed by atoms with Crippen LogP contribution in [0.2, 0.25) is 0 Å². The molecule has 0 saturated carbocycles. The number of furan rings is 1. The predicted octanol–water partition coefficient (Wildman–Crippen LogP) is 13.2. The topological polar surface area (TPSA) is 29.3 Å². The average Bonchev–Trinajstić information content (AvgIpc) is 3.53. The molecule has 8 aromatic carbocycles. The number of anilines is 3. The Bertz CT molecular complexity index is 2890. The number of hydrogen-bond donors (Lipinski definition) is 0. The molecule has 0 aliphatic carbocycles. The highest BCUT2D eigenvalue weighted by Crippen LogP contribution is 2.42. The number of nitrogens with zero attached hydrogens (tertiary/aromatic N) is 2. The van der Waals surface area contributed by atoms with Gasteiger partial charge in [0.15, 0.2) is 0 Å². The molecule has 0 unspecified atom stereocenters. The monoisotopic (exact) mass is 638 g/mol. The molecule has 3 nitrogen and oxygen atoms in total. The summed E-state index contributed by atoms with van der Waals surface area (Å²) < 4.78 is 6.56. The molecule has 0 fully saturated rings. The largest absolute Gasteiger partial charge is 0.456 e. The van der Waals surface area contributed by atoms with E-state index in [4.69, 9.17) is 9.40 Å². The number of aromatic nitrogens is 1. The second-order valence-electron chi connectivity index (χ2n) is 12.8. The van der Waals surface area contributed by atoms with Crippen LogP contribution in [0.1, 0.15) is 0 Å². The molecule has 10 rings (SSSR count). The van der Waals surface area contributed by atoms with Crippen molar-refractivity contribution in [2.45, 2.75) is 0 Å². The third-order valence-corrected chi connectivity index (χ3v) is 9.76. The van der Waals surface area contributed by atoms with Crippen molar-refractivity contribution in [2.24, 2.45) is 0 Å². The average molecular weight is 639 g/mol. The molecule has 2 aromatic heterocycles. The summed E-state index contributed by atoms with van der Waals surface area (Å²) in [4.78, 5) is 7.52. The van der Waals surface area contributed by atoms with Crippen LogP contribution in [0.4, 0.5) is 17.1 Å². The lowest BCUT2D eigenvalue weighted by molar-refractivity contribution is 0.669. The molecule has 2 heterocycles. The highest BCUT2D eigenvalue weighted by molar-refractivity contribution is 6.11. The van der Waals surface area contributed by atoms with Crippen LogP contribution in [0.15, 0.2) is 186 Å². The Kier molecular flexibility index (Phi) is 6.49. The molecule has 0 radical (unpaired) electrons. The molecule has 10 aromatic rings. The first-order chi connectivity index (χ1) is 24.7. The van der Waals surface area contributed by atoms with Gasteiger partial charge in [-0.15, -0.1) is 0 Å². The summed E-state index contributed by atoms with van der Waals surface area (Å²) >= 11 is 0. The number of hydrogen-bond acceptors (Lipinski definition) is 3. The van der Waals surface area contributed by atoms with Gasteiger partial charge in [-0.1, -0.05) is 115 Å². The number of fused-ring (bicyclic) bond motifs is 6. The van der Waals surface area contributed by atoms with Gasteiger partial charge in [-0.2, -0.15) is 0 Å². The minimum atomic E-state index is 0.861. The van der Waals surface area contributed by atoms with Crippen molar-refractivity contribution in [3.8, 4) is 22.4 Å². The zero-order valence-electron chi connectivity index (χ0n) is 27.1. The summed E-state index contributed by atoms with van der Waals surface area (Å²) in [6.07, 6.45) is 0. The predicted molar refractivity (Wildman–Crippen MR) is 210 cm³/mol. The standard InChI is InChI=1S/C47H30N2O/c1-2-12-32(13-3-1)47-42(28-37-17-8-9-20-44(37)48-47)36-18-10-19-38(26-36)49(39-22-21-31-11-4-5-14-33(31)25-39)40-23-24-41-43-27-34-15-6-7-16-35(34)29-45(43)50-46(41)30-40/h1-30H. The Morgan fingerprint density at radius 2 is 1.00 bits per heavy atom. The highest BCUT2D eigenvalue weighted by Gasteiger charge is 2.18. The molecule has 0 amide bonds. The van der Waals surface area contributed by atoms with Gasteiger partial charge in [0.2, 0.25) is 0 Å². The summed E-state index contributed by atoms with van der Waals surface area (Å²) in [7, 11) is 0. The summed E-state index contributed by atoms with van der Waals surface area (Å²) in [6.45, 7) is 0. The van der Waals surface area contributed by atoms with E-state index in [0.29, 0.717) is 0 Å². The van der Waals surface area contributed by atoms with E-state index in [1.807, 2.05) is 12.1 Å². The van der Waals surface area contributed by atoms with E-state index in [1.54, 1.807) is 0 Å². The first kappa shape index (κ1) is 28.3. The molecule has 0 spiro atoms. The zero-order valence-corrected chi connectivity index (χ0v) is 27.1. The van der Waals surface area contributed by atoms with Crippen LogP contribution in [-0.4, -0.2) is 4.98 Å². The van der Waals surface area contributed by atoms with Gasteiger partial charge in [0.05, 0.1) is 11.2 Å². The molecule has 0 N–H and O–H groups in total. The summed E-state index contributed by atoms with van der Waals surface area (Å²) in [5.74, 6) is 0. The minimum absolute atomic E-state index is 0.861. The smallest absolute Gasteiger partial charge is 0.137 e. The lowest BCUT2D eigenvalue weighted by Gasteiger charge is -2.26. The first-order valence-corrected chi connectivity index (χ1v) is 16.9. The van der Waals surface area contributed by atoms with Gasteiger partial charge in [-0.05, 0) is 87.8 Å². The quantitative estimate of drug-likeness (QED) is 0.188. The maximum absolute atomic E-state index is 6.56. The van der Waals surface area contributed by atoms with E-state index in [2.05, 4.69) is 175 Å². The van der Waals surface area contributed by atoms with Gasteiger partial charge in [0, 0.05) is 50.4 Å². The van der Waals surface area contributed by atoms with Gasteiger partial charge in [0.1, 0.15) is 11.2 Å². The number of benzene rings is 8. The van der Waals surface area contributed by atoms with Gasteiger partial charge < -0.3 is 9.32 Å². The zero-order chi connectivity index (χ0) is 33.0. The van der Waals surface area contributed by atoms with Crippen molar-refractivity contribution in [1.82, 2.24) is 4.98 Å². The molecular formula is C47H30N2O. The van der Waals surface area contributed by atoms with Gasteiger partial charge in [0.25, 0.3) is 0 Å². The molecule has 234 valence electrons. The van der Waals surface area contributed by atoms with Gasteiger partial charge >= 0.3 is 0 Å². The van der Waals surface area contributed by atoms with Crippen LogP contribution >= 0.6 is 0 Å². The normalized spacial score (nSPS) is 11.6. The first-order valence-electron chi connectivity index (χ1n) is 16.9. The van der Waals surface area contributed by atoms with Crippen molar-refractivity contribution in [3.05, 3.63) is 182 Å². The van der Waals surface area contributed by atoms with Crippen molar-refractivity contribution >= 4 is 71.4 Å². The van der Waals surface area contributed by atoms with Gasteiger partial charge in [-0.25, -0.2) is 4.98 Å². The molecule has 3 heteroatoms. The number of para-hydroxylation sites is 1. The molecular weight excluding hydrogens is 609 g/mol. The lowest BCUT2D eigenvalue weighted by atomic mass is 9.96. The Morgan fingerprint density at radius 1 is 0.380 bits per heavy atom. The molecule has 0 aliphatic rings. The molecule has 0 aliphatic heterocycles. The van der Waals surface area contributed by atoms with Crippen LogP contribution in [0.25, 0.3) is 76.8 Å². The second kappa shape index (κ2) is 11.5. The Hall–Kier alpha value is -6.71. The fourth-order valence-electron chi connectivity index (χ4n) is 7.32. The van der Waals surface area contributed by atoms with Crippen molar-refractivity contribution in [2.75, 3.05) is 4.90 Å². The van der Waals surface area contributed by atoms with Crippen LogP contribution < -0.4 is 4.90 Å². The van der Waals surface area contributed by atoms with E-state index in [1.165, 1.54) is 21.5 Å². The van der Waals surface area contributed by atoms with Crippen molar-refractivity contribution in [1.29, 1.82) is 0 Å². The minimum Gasteiger partial charge on any atom is -0.456 e. The van der Waals surface area contributed by atoms with Crippen LogP contribution in [-0.2, 0) is 0 Å². The summed E-state index contributed by atoms with van der Waals surface area (Å²) in [6, 6.07) is 64.5. The van der Waals surface area contributed by atoms with E-state index in [0.717, 1.165) is 72.3 Å². The van der Waals surface area contributed by atoms with Crippen LogP contribution in [0.3, 0.4) is 0 Å².